The van der Waals surface area contributed by atoms with Crippen molar-refractivity contribution in [2.75, 3.05) is 10.2 Å². The second-order valence-electron chi connectivity index (χ2n) is 5.74. The van der Waals surface area contributed by atoms with E-state index in [1.165, 1.54) is 5.69 Å². The third kappa shape index (κ3) is 1.51. The molecule has 17 heavy (non-hydrogen) atoms. The lowest BCUT2D eigenvalue weighted by Gasteiger charge is -2.48. The fourth-order valence-corrected chi connectivity index (χ4v) is 3.67. The number of nitrogens with zero attached hydrogens (tertiary/aromatic N) is 1. The van der Waals surface area contributed by atoms with Crippen LogP contribution in [0.15, 0.2) is 24.3 Å². The van der Waals surface area contributed by atoms with Gasteiger partial charge in [0.15, 0.2) is 5.11 Å². The molecular formula is C13H17N3S. The molecule has 0 unspecified atom stereocenters. The van der Waals surface area contributed by atoms with Gasteiger partial charge in [0, 0.05) is 12.0 Å². The molecule has 3 nitrogen and oxygen atoms in total. The third-order valence-corrected chi connectivity index (χ3v) is 3.76. The second-order valence-corrected chi connectivity index (χ2v) is 6.13. The molecule has 2 heterocycles. The first-order chi connectivity index (χ1) is 7.91. The molecule has 4 heteroatoms. The summed E-state index contributed by atoms with van der Waals surface area (Å²) < 4.78 is 0. The lowest BCUT2D eigenvalue weighted by Crippen LogP contribution is -2.67. The monoisotopic (exact) mass is 247 g/mol. The maximum absolute atomic E-state index is 5.52. The number of nitrogens with one attached hydrogen (secondary N) is 2. The molecule has 0 bridgehead atoms. The number of hydrogen-bond donors (Lipinski definition) is 2. The minimum atomic E-state index is -0.116. The molecule has 2 aliphatic heterocycles. The van der Waals surface area contributed by atoms with Crippen LogP contribution >= 0.6 is 12.2 Å². The Kier molecular flexibility index (Phi) is 2.00. The third-order valence-electron chi connectivity index (χ3n) is 3.48. The first-order valence-corrected chi connectivity index (χ1v) is 6.32. The summed E-state index contributed by atoms with van der Waals surface area (Å²) in [7, 11) is 0. The van der Waals surface area contributed by atoms with Crippen LogP contribution in [0.2, 0.25) is 0 Å². The van der Waals surface area contributed by atoms with Crippen molar-refractivity contribution in [3.63, 3.8) is 0 Å². The number of benzene rings is 1. The summed E-state index contributed by atoms with van der Waals surface area (Å²) in [5.74, 6) is 0. The molecule has 0 amide bonds. The number of thiocarbonyl (C=S) groups is 1. The Balaban J connectivity index is 2.10. The molecule has 0 saturated carbocycles. The molecule has 1 fully saturated rings. The molecule has 2 aliphatic rings. The Morgan fingerprint density at radius 2 is 1.88 bits per heavy atom. The van der Waals surface area contributed by atoms with Crippen molar-refractivity contribution in [2.45, 2.75) is 38.4 Å². The Hall–Kier alpha value is -1.29. The molecule has 0 spiro atoms. The first-order valence-electron chi connectivity index (χ1n) is 5.91. The largest absolute Gasteiger partial charge is 0.361 e. The lowest BCUT2D eigenvalue weighted by molar-refractivity contribution is 0.310. The van der Waals surface area contributed by atoms with Crippen LogP contribution in [0.3, 0.4) is 0 Å². The predicted octanol–water partition coefficient (Wildman–Crippen LogP) is 2.69. The van der Waals surface area contributed by atoms with Crippen molar-refractivity contribution in [1.29, 1.82) is 0 Å². The van der Waals surface area contributed by atoms with E-state index < -0.39 is 0 Å². The molecule has 0 aromatic heterocycles. The van der Waals surface area contributed by atoms with E-state index in [2.05, 4.69) is 60.6 Å². The number of anilines is 2. The Bertz CT molecular complexity index is 497. The number of fused-ring (bicyclic) bond motifs is 3. The van der Waals surface area contributed by atoms with Gasteiger partial charge in [0.25, 0.3) is 0 Å². The van der Waals surface area contributed by atoms with Crippen molar-refractivity contribution in [2.24, 2.45) is 0 Å². The van der Waals surface area contributed by atoms with E-state index in [1.54, 1.807) is 0 Å². The molecule has 1 aromatic rings. The highest BCUT2D eigenvalue weighted by Gasteiger charge is 2.49. The van der Waals surface area contributed by atoms with Gasteiger partial charge in [-0.1, -0.05) is 12.1 Å². The normalized spacial score (nSPS) is 29.1. The molecule has 0 radical (unpaired) electrons. The van der Waals surface area contributed by atoms with Crippen LogP contribution in [-0.2, 0) is 0 Å². The van der Waals surface area contributed by atoms with Crippen LogP contribution in [0, 0.1) is 0 Å². The lowest BCUT2D eigenvalue weighted by atomic mass is 9.89. The summed E-state index contributed by atoms with van der Waals surface area (Å²) in [6, 6.07) is 8.32. The minimum Gasteiger partial charge on any atom is -0.361 e. The van der Waals surface area contributed by atoms with Crippen LogP contribution in [0.1, 0.15) is 27.2 Å². The second kappa shape index (κ2) is 3.13. The summed E-state index contributed by atoms with van der Waals surface area (Å²) in [5.41, 5.74) is 2.24. The molecule has 1 saturated heterocycles. The zero-order valence-electron chi connectivity index (χ0n) is 10.4. The Labute approximate surface area is 107 Å². The number of hydrogen-bond acceptors (Lipinski definition) is 2. The van der Waals surface area contributed by atoms with Crippen LogP contribution in [0.25, 0.3) is 0 Å². The first kappa shape index (κ1) is 10.8. The van der Waals surface area contributed by atoms with Crippen molar-refractivity contribution in [3.05, 3.63) is 24.3 Å². The van der Waals surface area contributed by atoms with Crippen LogP contribution in [0.4, 0.5) is 11.4 Å². The van der Waals surface area contributed by atoms with Gasteiger partial charge in [0.1, 0.15) is 5.66 Å². The van der Waals surface area contributed by atoms with Gasteiger partial charge in [-0.05, 0) is 45.1 Å². The van der Waals surface area contributed by atoms with Crippen molar-refractivity contribution in [3.8, 4) is 0 Å². The van der Waals surface area contributed by atoms with E-state index in [-0.39, 0.29) is 11.2 Å². The summed E-state index contributed by atoms with van der Waals surface area (Å²) in [6.45, 7) is 6.58. The highest BCUT2D eigenvalue weighted by molar-refractivity contribution is 7.80. The van der Waals surface area contributed by atoms with Crippen LogP contribution < -0.4 is 15.5 Å². The highest BCUT2D eigenvalue weighted by atomic mass is 32.1. The summed E-state index contributed by atoms with van der Waals surface area (Å²) in [4.78, 5) is 2.20. The standard InChI is InChI=1S/C13H17N3S/c1-12(2)8-13(3)14-9-6-4-5-7-10(9)16(13)11(17)15-12/h4-7,14H,8H2,1-3H3,(H,15,17)/t13-/m1/s1. The van der Waals surface area contributed by atoms with Gasteiger partial charge < -0.3 is 10.6 Å². The van der Waals surface area contributed by atoms with Crippen molar-refractivity contribution >= 4 is 28.7 Å². The van der Waals surface area contributed by atoms with Gasteiger partial charge >= 0.3 is 0 Å². The van der Waals surface area contributed by atoms with Gasteiger partial charge in [-0.15, -0.1) is 0 Å². The van der Waals surface area contributed by atoms with Crippen LogP contribution in [-0.4, -0.2) is 16.3 Å². The predicted molar refractivity (Wildman–Crippen MR) is 75.4 cm³/mol. The van der Waals surface area contributed by atoms with E-state index in [0.717, 1.165) is 17.2 Å². The van der Waals surface area contributed by atoms with E-state index in [0.29, 0.717) is 0 Å². The quantitative estimate of drug-likeness (QED) is 0.689. The molecule has 0 aliphatic carbocycles. The molecule has 2 N–H and O–H groups in total. The van der Waals surface area contributed by atoms with Crippen molar-refractivity contribution < 1.29 is 0 Å². The maximum Gasteiger partial charge on any atom is 0.175 e. The van der Waals surface area contributed by atoms with Gasteiger partial charge in [-0.2, -0.15) is 0 Å². The Morgan fingerprint density at radius 1 is 1.18 bits per heavy atom. The summed E-state index contributed by atoms with van der Waals surface area (Å²) in [5, 5.41) is 7.81. The molecule has 90 valence electrons. The average molecular weight is 247 g/mol. The van der Waals surface area contributed by atoms with E-state index in [4.69, 9.17) is 12.2 Å². The topological polar surface area (TPSA) is 27.3 Å². The average Bonchev–Trinajstić information content (AvgIpc) is 2.46. The van der Waals surface area contributed by atoms with E-state index >= 15 is 0 Å². The minimum absolute atomic E-state index is 0.0252. The molecular weight excluding hydrogens is 230 g/mol. The molecule has 3 rings (SSSR count). The summed E-state index contributed by atoms with van der Waals surface area (Å²) >= 11 is 5.52. The fourth-order valence-electron chi connectivity index (χ4n) is 3.09. The number of rotatable bonds is 0. The fraction of sp³-hybridized carbons (Fsp3) is 0.462. The zero-order chi connectivity index (χ0) is 12.3. The van der Waals surface area contributed by atoms with Gasteiger partial charge in [-0.25, -0.2) is 0 Å². The molecule has 1 atom stereocenters. The van der Waals surface area contributed by atoms with Crippen molar-refractivity contribution in [1.82, 2.24) is 5.32 Å². The molecule has 1 aromatic carbocycles. The smallest absolute Gasteiger partial charge is 0.175 e. The van der Waals surface area contributed by atoms with E-state index in [1.807, 2.05) is 0 Å². The zero-order valence-corrected chi connectivity index (χ0v) is 11.2. The van der Waals surface area contributed by atoms with Gasteiger partial charge in [0.05, 0.1) is 11.4 Å². The van der Waals surface area contributed by atoms with E-state index in [9.17, 15) is 0 Å². The van der Waals surface area contributed by atoms with Gasteiger partial charge in [0.2, 0.25) is 0 Å². The maximum atomic E-state index is 5.52. The SMILES string of the molecule is CC1(C)C[C@]2(C)Nc3ccccc3N2C(=S)N1. The highest BCUT2D eigenvalue weighted by Crippen LogP contribution is 2.45. The van der Waals surface area contributed by atoms with Crippen LogP contribution in [0.5, 0.6) is 0 Å². The Morgan fingerprint density at radius 3 is 2.65 bits per heavy atom. The summed E-state index contributed by atoms with van der Waals surface area (Å²) in [6.07, 6.45) is 0.995. The van der Waals surface area contributed by atoms with Gasteiger partial charge in [-0.3, -0.25) is 4.90 Å². The number of para-hydroxylation sites is 2.